The molecule has 0 fully saturated rings. The van der Waals surface area contributed by atoms with E-state index in [9.17, 15) is 4.79 Å². The Kier molecular flexibility index (Phi) is 6.17. The number of nitrogens with one attached hydrogen (secondary N) is 1. The van der Waals surface area contributed by atoms with Crippen LogP contribution in [0.15, 0.2) is 64.1 Å². The highest BCUT2D eigenvalue weighted by atomic mass is 79.9. The van der Waals surface area contributed by atoms with Gasteiger partial charge >= 0.3 is 5.97 Å². The number of ether oxygens (including phenoxy) is 2. The Morgan fingerprint density at radius 2 is 1.97 bits per heavy atom. The number of hydrogen-bond acceptors (Lipinski definition) is 6. The summed E-state index contributed by atoms with van der Waals surface area (Å²) in [5.74, 6) is 1.25. The fourth-order valence-electron chi connectivity index (χ4n) is 3.90. The zero-order valence-electron chi connectivity index (χ0n) is 19.2. The molecule has 0 radical (unpaired) electrons. The van der Waals surface area contributed by atoms with Crippen molar-refractivity contribution in [2.75, 3.05) is 18.5 Å². The Hall–Kier alpha value is -3.85. The number of carboxylic acid groups (broad SMARTS) is 1. The summed E-state index contributed by atoms with van der Waals surface area (Å²) in [5.41, 5.74) is 4.60. The van der Waals surface area contributed by atoms with E-state index in [1.54, 1.807) is 17.8 Å². The normalized spacial score (nSPS) is 13.8. The first kappa shape index (κ1) is 22.9. The van der Waals surface area contributed by atoms with Crippen LogP contribution < -0.4 is 14.8 Å². The highest BCUT2D eigenvalue weighted by Gasteiger charge is 2.16. The molecule has 9 heteroatoms. The van der Waals surface area contributed by atoms with Crippen molar-refractivity contribution < 1.29 is 19.4 Å². The van der Waals surface area contributed by atoms with E-state index < -0.39 is 12.0 Å². The van der Waals surface area contributed by atoms with Crippen LogP contribution in [-0.2, 0) is 11.8 Å². The molecule has 0 amide bonds. The van der Waals surface area contributed by atoms with Gasteiger partial charge in [0.05, 0.1) is 11.2 Å². The van der Waals surface area contributed by atoms with Gasteiger partial charge in [0.2, 0.25) is 0 Å². The number of rotatable bonds is 6. The summed E-state index contributed by atoms with van der Waals surface area (Å²) in [5, 5.41) is 18.1. The number of carboxylic acids is 1. The van der Waals surface area contributed by atoms with E-state index in [1.165, 1.54) is 0 Å². The Labute approximate surface area is 210 Å². The third-order valence-corrected chi connectivity index (χ3v) is 6.64. The molecular weight excluding hydrogens is 512 g/mol. The molecule has 1 atom stereocenters. The minimum atomic E-state index is -0.960. The Balaban J connectivity index is 1.45. The van der Waals surface area contributed by atoms with Crippen LogP contribution in [0.25, 0.3) is 22.0 Å². The molecule has 178 valence electrons. The molecule has 0 aliphatic carbocycles. The van der Waals surface area contributed by atoms with Crippen LogP contribution in [0.1, 0.15) is 12.5 Å². The lowest BCUT2D eigenvalue weighted by Gasteiger charge is -2.19. The summed E-state index contributed by atoms with van der Waals surface area (Å²) in [6, 6.07) is 16.9. The third-order valence-electron chi connectivity index (χ3n) is 5.79. The molecule has 0 bridgehead atoms. The van der Waals surface area contributed by atoms with Crippen LogP contribution >= 0.6 is 15.9 Å². The van der Waals surface area contributed by atoms with Gasteiger partial charge in [0, 0.05) is 23.1 Å². The number of aryl methyl sites for hydroxylation is 1. The quantitative estimate of drug-likeness (QED) is 0.321. The van der Waals surface area contributed by atoms with Gasteiger partial charge in [-0.1, -0.05) is 24.3 Å². The van der Waals surface area contributed by atoms with Crippen LogP contribution in [0.3, 0.4) is 0 Å². The van der Waals surface area contributed by atoms with E-state index in [0.717, 1.165) is 49.3 Å². The van der Waals surface area contributed by atoms with Crippen molar-refractivity contribution in [3.8, 4) is 22.6 Å². The van der Waals surface area contributed by atoms with Gasteiger partial charge in [-0.2, -0.15) is 5.10 Å². The molecule has 35 heavy (non-hydrogen) atoms. The van der Waals surface area contributed by atoms with Crippen molar-refractivity contribution in [3.05, 3.63) is 64.6 Å². The van der Waals surface area contributed by atoms with Crippen LogP contribution in [0, 0.1) is 0 Å². The second kappa shape index (κ2) is 9.42. The average molecular weight is 535 g/mol. The van der Waals surface area contributed by atoms with Crippen molar-refractivity contribution in [1.82, 2.24) is 9.78 Å². The first-order valence-corrected chi connectivity index (χ1v) is 11.9. The van der Waals surface area contributed by atoms with Gasteiger partial charge < -0.3 is 19.9 Å². The lowest BCUT2D eigenvalue weighted by Crippen LogP contribution is -2.15. The molecule has 2 N–H and O–H groups in total. The molecule has 1 aromatic heterocycles. The summed E-state index contributed by atoms with van der Waals surface area (Å²) in [4.78, 5) is 15.1. The Bertz CT molecular complexity index is 1460. The standard InChI is InChI=1S/C26H23BrN4O4/c1-15(26(32)33)28-14-16-6-8-19-21(12-16)31(2)30-25(19)29-20-5-3-4-18(24(20)27)17-7-9-22-23(13-17)35-11-10-34-22/h3-9,12-15H,10-11H2,1-2H3,(H,29,30)(H,32,33)/t15-/m1/s1. The number of aromatic nitrogens is 2. The summed E-state index contributed by atoms with van der Waals surface area (Å²) in [6.07, 6.45) is 1.58. The largest absolute Gasteiger partial charge is 0.486 e. The topological polar surface area (TPSA) is 98.0 Å². The van der Waals surface area contributed by atoms with Gasteiger partial charge in [0.15, 0.2) is 17.3 Å². The molecule has 0 unspecified atom stereocenters. The van der Waals surface area contributed by atoms with E-state index >= 15 is 0 Å². The second-order valence-electron chi connectivity index (χ2n) is 8.19. The molecule has 0 spiro atoms. The van der Waals surface area contributed by atoms with Crippen molar-refractivity contribution in [3.63, 3.8) is 0 Å². The molecule has 0 saturated heterocycles. The number of aliphatic imine (C=N–C) groups is 1. The van der Waals surface area contributed by atoms with E-state index in [4.69, 9.17) is 14.6 Å². The predicted octanol–water partition coefficient (Wildman–Crippen LogP) is 5.41. The van der Waals surface area contributed by atoms with Crippen molar-refractivity contribution >= 4 is 50.5 Å². The Morgan fingerprint density at radius 3 is 2.77 bits per heavy atom. The summed E-state index contributed by atoms with van der Waals surface area (Å²) in [6.45, 7) is 2.64. The number of carbonyl (C=O) groups is 1. The highest BCUT2D eigenvalue weighted by Crippen LogP contribution is 2.40. The van der Waals surface area contributed by atoms with Gasteiger partial charge in [-0.25, -0.2) is 4.79 Å². The minimum Gasteiger partial charge on any atom is -0.486 e. The number of anilines is 2. The van der Waals surface area contributed by atoms with Crippen LogP contribution in [0.4, 0.5) is 11.5 Å². The summed E-state index contributed by atoms with van der Waals surface area (Å²) >= 11 is 3.77. The van der Waals surface area contributed by atoms with Gasteiger partial charge in [-0.15, -0.1) is 0 Å². The highest BCUT2D eigenvalue weighted by molar-refractivity contribution is 9.10. The third kappa shape index (κ3) is 4.59. The molecule has 1 aliphatic heterocycles. The van der Waals surface area contributed by atoms with E-state index in [2.05, 4.69) is 31.3 Å². The predicted molar refractivity (Wildman–Crippen MR) is 139 cm³/mol. The minimum absolute atomic E-state index is 0.540. The zero-order valence-corrected chi connectivity index (χ0v) is 20.7. The van der Waals surface area contributed by atoms with Crippen molar-refractivity contribution in [1.29, 1.82) is 0 Å². The van der Waals surface area contributed by atoms with E-state index in [-0.39, 0.29) is 0 Å². The van der Waals surface area contributed by atoms with Gasteiger partial charge in [0.25, 0.3) is 0 Å². The SMILES string of the molecule is C[C@@H](N=Cc1ccc2c(Nc3cccc(-c4ccc5c(c4)OCCO5)c3Br)nn(C)c2c1)C(=O)O. The molecule has 1 aliphatic rings. The molecule has 0 saturated carbocycles. The number of aliphatic carboxylic acids is 1. The van der Waals surface area contributed by atoms with E-state index in [1.807, 2.05) is 61.6 Å². The molecule has 3 aromatic carbocycles. The monoisotopic (exact) mass is 534 g/mol. The first-order valence-electron chi connectivity index (χ1n) is 11.1. The van der Waals surface area contributed by atoms with Crippen molar-refractivity contribution in [2.45, 2.75) is 13.0 Å². The summed E-state index contributed by atoms with van der Waals surface area (Å²) < 4.78 is 14.1. The number of benzene rings is 3. The maximum atomic E-state index is 11.0. The van der Waals surface area contributed by atoms with Crippen molar-refractivity contribution in [2.24, 2.45) is 12.0 Å². The van der Waals surface area contributed by atoms with Gasteiger partial charge in [-0.05, 0) is 69.9 Å². The lowest BCUT2D eigenvalue weighted by atomic mass is 10.0. The zero-order chi connectivity index (χ0) is 24.5. The molecule has 8 nitrogen and oxygen atoms in total. The Morgan fingerprint density at radius 1 is 1.17 bits per heavy atom. The second-order valence-corrected chi connectivity index (χ2v) is 8.98. The fraction of sp³-hybridized carbons (Fsp3) is 0.192. The van der Waals surface area contributed by atoms with E-state index in [0.29, 0.717) is 19.0 Å². The van der Waals surface area contributed by atoms with Crippen LogP contribution in [0.5, 0.6) is 11.5 Å². The molecule has 5 rings (SSSR count). The smallest absolute Gasteiger partial charge is 0.328 e. The molecule has 2 heterocycles. The lowest BCUT2D eigenvalue weighted by molar-refractivity contribution is -0.137. The fourth-order valence-corrected chi connectivity index (χ4v) is 4.49. The van der Waals surface area contributed by atoms with Gasteiger partial charge in [-0.3, -0.25) is 9.67 Å². The first-order chi connectivity index (χ1) is 16.9. The molecule has 4 aromatic rings. The van der Waals surface area contributed by atoms with Gasteiger partial charge in [0.1, 0.15) is 19.3 Å². The maximum absolute atomic E-state index is 11.0. The number of hydrogen-bond donors (Lipinski definition) is 2. The number of fused-ring (bicyclic) bond motifs is 2. The van der Waals surface area contributed by atoms with Crippen LogP contribution in [0.2, 0.25) is 0 Å². The number of halogens is 1. The van der Waals surface area contributed by atoms with Crippen LogP contribution in [-0.4, -0.2) is 46.3 Å². The maximum Gasteiger partial charge on any atom is 0.328 e. The number of nitrogens with zero attached hydrogens (tertiary/aromatic N) is 3. The molecular formula is C26H23BrN4O4. The average Bonchev–Trinajstić information content (AvgIpc) is 3.17. The summed E-state index contributed by atoms with van der Waals surface area (Å²) in [7, 11) is 1.87.